The quantitative estimate of drug-likeness (QED) is 0.912. The zero-order valence-corrected chi connectivity index (χ0v) is 14.0. The van der Waals surface area contributed by atoms with Gasteiger partial charge in [0.05, 0.1) is 12.6 Å². The number of nitrogens with zero attached hydrogens (tertiary/aromatic N) is 4. The number of β-amino-alcohol motifs (C(OH)–C–C–N with tert-alkyl or cyclic N) is 1. The van der Waals surface area contributed by atoms with E-state index in [-0.39, 0.29) is 0 Å². The highest BCUT2D eigenvalue weighted by atomic mass is 16.3. The molecule has 3 rings (SSSR count). The molecule has 2 aromatic rings. The van der Waals surface area contributed by atoms with Crippen LogP contribution in [0.4, 0.5) is 0 Å². The number of aryl methyl sites for hydroxylation is 1. The number of hydrogen-bond acceptors (Lipinski definition) is 4. The molecule has 0 radical (unpaired) electrons. The third kappa shape index (κ3) is 3.99. The topological polar surface area (TPSA) is 44.5 Å². The van der Waals surface area contributed by atoms with Crippen LogP contribution in [-0.4, -0.2) is 56.7 Å². The maximum atomic E-state index is 10.4. The molecule has 2 heterocycles. The van der Waals surface area contributed by atoms with Gasteiger partial charge in [0.25, 0.3) is 0 Å². The van der Waals surface area contributed by atoms with Gasteiger partial charge in [0, 0.05) is 51.7 Å². The lowest BCUT2D eigenvalue weighted by Gasteiger charge is -2.40. The highest BCUT2D eigenvalue weighted by Crippen LogP contribution is 2.18. The minimum Gasteiger partial charge on any atom is -0.387 e. The van der Waals surface area contributed by atoms with Crippen LogP contribution in [0, 0.1) is 0 Å². The Hall–Kier alpha value is -1.69. The first kappa shape index (κ1) is 16.2. The van der Waals surface area contributed by atoms with Gasteiger partial charge in [-0.05, 0) is 12.5 Å². The summed E-state index contributed by atoms with van der Waals surface area (Å²) in [5, 5.41) is 10.4. The predicted octanol–water partition coefficient (Wildman–Crippen LogP) is 1.66. The summed E-state index contributed by atoms with van der Waals surface area (Å²) in [7, 11) is 2.04. The molecule has 0 unspecified atom stereocenters. The molecule has 1 N–H and O–H groups in total. The Bertz CT molecular complexity index is 612. The van der Waals surface area contributed by atoms with E-state index in [4.69, 9.17) is 0 Å². The lowest BCUT2D eigenvalue weighted by atomic mass is 10.1. The highest BCUT2D eigenvalue weighted by Gasteiger charge is 2.26. The van der Waals surface area contributed by atoms with E-state index in [0.29, 0.717) is 12.6 Å². The van der Waals surface area contributed by atoms with Crippen molar-refractivity contribution in [3.63, 3.8) is 0 Å². The summed E-state index contributed by atoms with van der Waals surface area (Å²) >= 11 is 0. The molecule has 1 aromatic carbocycles. The smallest absolute Gasteiger partial charge is 0.122 e. The molecule has 1 saturated heterocycles. The molecule has 0 bridgehead atoms. The Kier molecular flexibility index (Phi) is 5.10. The number of hydrogen-bond donors (Lipinski definition) is 1. The average molecular weight is 314 g/mol. The van der Waals surface area contributed by atoms with Crippen LogP contribution in [0.25, 0.3) is 0 Å². The van der Waals surface area contributed by atoms with Gasteiger partial charge in [-0.25, -0.2) is 4.98 Å². The molecule has 5 heteroatoms. The van der Waals surface area contributed by atoms with Crippen LogP contribution in [0.1, 0.15) is 24.4 Å². The van der Waals surface area contributed by atoms with Crippen LogP contribution in [0.15, 0.2) is 42.7 Å². The van der Waals surface area contributed by atoms with Crippen LogP contribution in [0.2, 0.25) is 0 Å². The van der Waals surface area contributed by atoms with Crippen LogP contribution >= 0.6 is 0 Å². The lowest BCUT2D eigenvalue weighted by Crippen LogP contribution is -2.52. The molecule has 5 nitrogen and oxygen atoms in total. The van der Waals surface area contributed by atoms with E-state index in [2.05, 4.69) is 26.3 Å². The molecule has 1 fully saturated rings. The normalized spacial score (nSPS) is 21.4. The van der Waals surface area contributed by atoms with Crippen molar-refractivity contribution in [2.75, 3.05) is 26.2 Å². The van der Waals surface area contributed by atoms with Crippen molar-refractivity contribution < 1.29 is 5.11 Å². The summed E-state index contributed by atoms with van der Waals surface area (Å²) in [6, 6.07) is 10.4. The van der Waals surface area contributed by atoms with Crippen molar-refractivity contribution in [2.45, 2.75) is 25.6 Å². The maximum absolute atomic E-state index is 10.4. The third-order valence-corrected chi connectivity index (χ3v) is 4.73. The lowest BCUT2D eigenvalue weighted by molar-refractivity contribution is 0.0351. The van der Waals surface area contributed by atoms with Gasteiger partial charge in [-0.1, -0.05) is 30.3 Å². The summed E-state index contributed by atoms with van der Waals surface area (Å²) in [6.07, 6.45) is 3.43. The van der Waals surface area contributed by atoms with E-state index in [1.165, 1.54) is 0 Å². The van der Waals surface area contributed by atoms with E-state index in [9.17, 15) is 5.11 Å². The van der Waals surface area contributed by atoms with Gasteiger partial charge in [0.2, 0.25) is 0 Å². The summed E-state index contributed by atoms with van der Waals surface area (Å²) in [6.45, 7) is 6.83. The number of rotatable bonds is 5. The minimum absolute atomic E-state index is 0.417. The van der Waals surface area contributed by atoms with Crippen LogP contribution < -0.4 is 0 Å². The number of benzene rings is 1. The number of aliphatic hydroxyl groups excluding tert-OH is 1. The van der Waals surface area contributed by atoms with Gasteiger partial charge in [-0.2, -0.15) is 0 Å². The summed E-state index contributed by atoms with van der Waals surface area (Å²) in [5.74, 6) is 1.11. The van der Waals surface area contributed by atoms with Crippen molar-refractivity contribution >= 4 is 0 Å². The number of aliphatic hydroxyl groups is 1. The largest absolute Gasteiger partial charge is 0.387 e. The fourth-order valence-electron chi connectivity index (χ4n) is 3.24. The molecule has 0 amide bonds. The summed E-state index contributed by atoms with van der Waals surface area (Å²) in [5.41, 5.74) is 0.995. The first-order valence-electron chi connectivity index (χ1n) is 8.29. The second kappa shape index (κ2) is 7.25. The fraction of sp³-hybridized carbons (Fsp3) is 0.500. The molecule has 1 aliphatic rings. The molecule has 1 aliphatic heterocycles. The van der Waals surface area contributed by atoms with Crippen LogP contribution in [-0.2, 0) is 13.6 Å². The zero-order chi connectivity index (χ0) is 16.2. The minimum atomic E-state index is -0.417. The first-order chi connectivity index (χ1) is 11.1. The number of imidazole rings is 1. The van der Waals surface area contributed by atoms with E-state index in [1.54, 1.807) is 0 Å². The van der Waals surface area contributed by atoms with Crippen molar-refractivity contribution in [2.24, 2.45) is 7.05 Å². The second-order valence-corrected chi connectivity index (χ2v) is 6.46. The van der Waals surface area contributed by atoms with Crippen molar-refractivity contribution in [3.05, 3.63) is 54.1 Å². The molecule has 0 spiro atoms. The van der Waals surface area contributed by atoms with Crippen LogP contribution in [0.5, 0.6) is 0 Å². The van der Waals surface area contributed by atoms with E-state index < -0.39 is 6.10 Å². The van der Waals surface area contributed by atoms with Crippen LogP contribution in [0.3, 0.4) is 0 Å². The van der Waals surface area contributed by atoms with E-state index in [1.807, 2.05) is 49.8 Å². The Morgan fingerprint density at radius 3 is 2.70 bits per heavy atom. The zero-order valence-electron chi connectivity index (χ0n) is 14.0. The Balaban J connectivity index is 1.53. The van der Waals surface area contributed by atoms with Gasteiger partial charge in [-0.3, -0.25) is 9.80 Å². The van der Waals surface area contributed by atoms with Gasteiger partial charge < -0.3 is 9.67 Å². The Morgan fingerprint density at radius 1 is 1.26 bits per heavy atom. The molecule has 0 saturated carbocycles. The molecular formula is C18H26N4O. The third-order valence-electron chi connectivity index (χ3n) is 4.73. The molecule has 0 aliphatic carbocycles. The van der Waals surface area contributed by atoms with Crippen molar-refractivity contribution in [3.8, 4) is 0 Å². The summed E-state index contributed by atoms with van der Waals surface area (Å²) < 4.78 is 2.08. The van der Waals surface area contributed by atoms with Crippen molar-refractivity contribution in [1.29, 1.82) is 0 Å². The van der Waals surface area contributed by atoms with Gasteiger partial charge in [-0.15, -0.1) is 0 Å². The molecule has 124 valence electrons. The second-order valence-electron chi connectivity index (χ2n) is 6.46. The van der Waals surface area contributed by atoms with Gasteiger partial charge in [0.15, 0.2) is 0 Å². The maximum Gasteiger partial charge on any atom is 0.122 e. The SMILES string of the molecule is C[C@@H]1CN(Cc2nccn2C)CCN1C[C@@H](O)c1ccccc1. The number of aromatic nitrogens is 2. The van der Waals surface area contributed by atoms with Crippen molar-refractivity contribution in [1.82, 2.24) is 19.4 Å². The van der Waals surface area contributed by atoms with E-state index >= 15 is 0 Å². The standard InChI is InChI=1S/C18H26N4O/c1-15-12-21(14-18-19-8-9-20(18)2)10-11-22(15)13-17(23)16-6-4-3-5-7-16/h3-9,15,17,23H,10-14H2,1-2H3/t15-,17-/m1/s1. The van der Waals surface area contributed by atoms with Gasteiger partial charge in [0.1, 0.15) is 5.82 Å². The van der Waals surface area contributed by atoms with Gasteiger partial charge >= 0.3 is 0 Å². The molecule has 23 heavy (non-hydrogen) atoms. The Morgan fingerprint density at radius 2 is 2.04 bits per heavy atom. The molecule has 2 atom stereocenters. The monoisotopic (exact) mass is 314 g/mol. The highest BCUT2D eigenvalue weighted by molar-refractivity contribution is 5.17. The number of piperazine rings is 1. The van der Waals surface area contributed by atoms with E-state index in [0.717, 1.165) is 37.6 Å². The Labute approximate surface area is 138 Å². The molecular weight excluding hydrogens is 288 g/mol. The fourth-order valence-corrected chi connectivity index (χ4v) is 3.24. The first-order valence-corrected chi connectivity index (χ1v) is 8.29. The molecule has 1 aromatic heterocycles. The summed E-state index contributed by atoms with van der Waals surface area (Å²) in [4.78, 5) is 9.23. The predicted molar refractivity (Wildman–Crippen MR) is 90.9 cm³/mol. The average Bonchev–Trinajstić information content (AvgIpc) is 2.96.